The maximum Gasteiger partial charge on any atom is 0.116 e. The van der Waals surface area contributed by atoms with E-state index in [0.29, 0.717) is 23.0 Å². The molecule has 3 aromatic carbocycles. The minimum Gasteiger partial charge on any atom is -0.380 e. The summed E-state index contributed by atoms with van der Waals surface area (Å²) in [5.74, 6) is 0.751. The van der Waals surface area contributed by atoms with E-state index in [0.717, 1.165) is 27.3 Å². The smallest absolute Gasteiger partial charge is 0.116 e. The van der Waals surface area contributed by atoms with Gasteiger partial charge in [-0.3, -0.25) is 0 Å². The molecule has 0 saturated heterocycles. The van der Waals surface area contributed by atoms with Gasteiger partial charge in [0, 0.05) is 20.7 Å². The van der Waals surface area contributed by atoms with Crippen molar-refractivity contribution < 1.29 is 5.11 Å². The normalized spacial score (nSPS) is 13.3. The Morgan fingerprint density at radius 1 is 0.889 bits per heavy atom. The average molecular weight is 418 g/mol. The number of hydrogen-bond donors (Lipinski definition) is 2. The molecule has 0 aliphatic heterocycles. The van der Waals surface area contributed by atoms with E-state index < -0.39 is 5.60 Å². The molecule has 140 valence electrons. The molecule has 0 fully saturated rings. The third-order valence-electron chi connectivity index (χ3n) is 4.50. The van der Waals surface area contributed by atoms with Crippen LogP contribution in [0.1, 0.15) is 23.1 Å². The molecule has 5 heteroatoms. The topological polar surface area (TPSA) is 46.2 Å². The molecule has 0 aliphatic rings. The molecule has 3 N–H and O–H groups in total. The number of rotatable bonds is 7. The molecule has 3 aromatic rings. The van der Waals surface area contributed by atoms with Gasteiger partial charge >= 0.3 is 0 Å². The lowest BCUT2D eigenvalue weighted by molar-refractivity contribution is 0.0737. The van der Waals surface area contributed by atoms with E-state index in [1.54, 1.807) is 17.8 Å². The van der Waals surface area contributed by atoms with E-state index in [9.17, 15) is 5.11 Å². The van der Waals surface area contributed by atoms with Gasteiger partial charge < -0.3 is 10.8 Å². The van der Waals surface area contributed by atoms with Crippen molar-refractivity contribution in [2.24, 2.45) is 5.73 Å². The number of aliphatic hydroxyl groups is 1. The summed E-state index contributed by atoms with van der Waals surface area (Å²) < 4.78 is 0. The quantitative estimate of drug-likeness (QED) is 0.472. The van der Waals surface area contributed by atoms with Crippen molar-refractivity contribution in [1.29, 1.82) is 0 Å². The second-order valence-corrected chi connectivity index (χ2v) is 8.21. The first kappa shape index (κ1) is 20.2. The standard InChI is InChI=1S/C22H21Cl2NOS/c23-19-9-6-16(21(24)14-19)15-27-20-10-7-18(8-11-20)22(26,12-13-25)17-4-2-1-3-5-17/h1-11,14,26H,12-13,15,25H2. The molecule has 0 radical (unpaired) electrons. The highest BCUT2D eigenvalue weighted by molar-refractivity contribution is 7.98. The number of benzene rings is 3. The molecule has 1 atom stereocenters. The number of halogens is 2. The lowest BCUT2D eigenvalue weighted by Crippen LogP contribution is -2.30. The first-order valence-electron chi connectivity index (χ1n) is 8.68. The van der Waals surface area contributed by atoms with Gasteiger partial charge in [0.15, 0.2) is 0 Å². The Morgan fingerprint density at radius 3 is 2.19 bits per heavy atom. The van der Waals surface area contributed by atoms with Gasteiger partial charge in [-0.15, -0.1) is 11.8 Å². The Hall–Kier alpha value is -1.49. The minimum absolute atomic E-state index is 0.400. The van der Waals surface area contributed by atoms with Crippen LogP contribution in [0.2, 0.25) is 10.0 Å². The molecule has 3 rings (SSSR count). The van der Waals surface area contributed by atoms with Crippen LogP contribution in [0.5, 0.6) is 0 Å². The van der Waals surface area contributed by atoms with Crippen LogP contribution in [0.25, 0.3) is 0 Å². The zero-order chi connectivity index (χ0) is 19.3. The number of thioether (sulfide) groups is 1. The summed E-state index contributed by atoms with van der Waals surface area (Å²) in [5.41, 5.74) is 7.42. The molecular weight excluding hydrogens is 397 g/mol. The van der Waals surface area contributed by atoms with Gasteiger partial charge in [0.1, 0.15) is 5.60 Å². The molecule has 0 spiro atoms. The lowest BCUT2D eigenvalue weighted by atomic mass is 9.84. The summed E-state index contributed by atoms with van der Waals surface area (Å²) >= 11 is 13.9. The highest BCUT2D eigenvalue weighted by Gasteiger charge is 2.30. The van der Waals surface area contributed by atoms with Crippen LogP contribution >= 0.6 is 35.0 Å². The lowest BCUT2D eigenvalue weighted by Gasteiger charge is -2.29. The van der Waals surface area contributed by atoms with Crippen molar-refractivity contribution in [3.05, 3.63) is 99.5 Å². The maximum absolute atomic E-state index is 11.3. The van der Waals surface area contributed by atoms with Crippen molar-refractivity contribution in [3.63, 3.8) is 0 Å². The minimum atomic E-state index is -1.08. The van der Waals surface area contributed by atoms with E-state index in [2.05, 4.69) is 0 Å². The average Bonchev–Trinajstić information content (AvgIpc) is 2.68. The fourth-order valence-corrected chi connectivity index (χ4v) is 4.46. The zero-order valence-corrected chi connectivity index (χ0v) is 17.1. The van der Waals surface area contributed by atoms with Gasteiger partial charge in [-0.1, -0.05) is 71.7 Å². The van der Waals surface area contributed by atoms with Crippen molar-refractivity contribution in [3.8, 4) is 0 Å². The molecule has 2 nitrogen and oxygen atoms in total. The molecule has 0 heterocycles. The van der Waals surface area contributed by atoms with E-state index >= 15 is 0 Å². The van der Waals surface area contributed by atoms with Gasteiger partial charge in [0.05, 0.1) is 0 Å². The van der Waals surface area contributed by atoms with Crippen LogP contribution in [0.3, 0.4) is 0 Å². The van der Waals surface area contributed by atoms with Crippen molar-refractivity contribution >= 4 is 35.0 Å². The van der Waals surface area contributed by atoms with Crippen molar-refractivity contribution in [1.82, 2.24) is 0 Å². The van der Waals surface area contributed by atoms with Gasteiger partial charge in [-0.2, -0.15) is 0 Å². The van der Waals surface area contributed by atoms with Crippen LogP contribution in [-0.4, -0.2) is 11.7 Å². The number of hydrogen-bond acceptors (Lipinski definition) is 3. The van der Waals surface area contributed by atoms with E-state index in [-0.39, 0.29) is 0 Å². The van der Waals surface area contributed by atoms with Crippen LogP contribution in [0, 0.1) is 0 Å². The Morgan fingerprint density at radius 2 is 1.56 bits per heavy atom. The van der Waals surface area contributed by atoms with Crippen LogP contribution < -0.4 is 5.73 Å². The maximum atomic E-state index is 11.3. The first-order chi connectivity index (χ1) is 13.0. The van der Waals surface area contributed by atoms with Gasteiger partial charge in [0.2, 0.25) is 0 Å². The second kappa shape index (κ2) is 9.13. The number of nitrogens with two attached hydrogens (primary N) is 1. The molecule has 0 aromatic heterocycles. The summed E-state index contributed by atoms with van der Waals surface area (Å²) in [5, 5.41) is 12.6. The third-order valence-corrected chi connectivity index (χ3v) is 6.15. The monoisotopic (exact) mass is 417 g/mol. The SMILES string of the molecule is NCCC(O)(c1ccccc1)c1ccc(SCc2ccc(Cl)cc2Cl)cc1. The second-order valence-electron chi connectivity index (χ2n) is 6.31. The Bertz CT molecular complexity index is 887. The fraction of sp³-hybridized carbons (Fsp3) is 0.182. The van der Waals surface area contributed by atoms with Crippen LogP contribution in [0.15, 0.2) is 77.7 Å². The zero-order valence-electron chi connectivity index (χ0n) is 14.7. The Kier molecular flexibility index (Phi) is 6.85. The Balaban J connectivity index is 1.77. The Labute approximate surface area is 174 Å². The summed E-state index contributed by atoms with van der Waals surface area (Å²) in [6.45, 7) is 0.400. The van der Waals surface area contributed by atoms with Crippen molar-refractivity contribution in [2.75, 3.05) is 6.54 Å². The van der Waals surface area contributed by atoms with Crippen LogP contribution in [-0.2, 0) is 11.4 Å². The molecule has 0 bridgehead atoms. The predicted octanol–water partition coefficient (Wildman–Crippen LogP) is 5.87. The molecule has 0 saturated carbocycles. The molecule has 0 amide bonds. The highest BCUT2D eigenvalue weighted by atomic mass is 35.5. The third kappa shape index (κ3) is 4.87. The first-order valence-corrected chi connectivity index (χ1v) is 10.4. The summed E-state index contributed by atoms with van der Waals surface area (Å²) in [4.78, 5) is 1.10. The summed E-state index contributed by atoms with van der Waals surface area (Å²) in [6.07, 6.45) is 0.462. The largest absolute Gasteiger partial charge is 0.380 e. The predicted molar refractivity (Wildman–Crippen MR) is 116 cm³/mol. The van der Waals surface area contributed by atoms with Crippen LogP contribution in [0.4, 0.5) is 0 Å². The molecular formula is C22H21Cl2NOS. The van der Waals surface area contributed by atoms with Crippen molar-refractivity contribution in [2.45, 2.75) is 22.7 Å². The van der Waals surface area contributed by atoms with Gasteiger partial charge in [-0.05, 0) is 53.9 Å². The van der Waals surface area contributed by atoms with E-state index in [1.807, 2.05) is 66.7 Å². The molecule has 27 heavy (non-hydrogen) atoms. The summed E-state index contributed by atoms with van der Waals surface area (Å²) in [7, 11) is 0. The van der Waals surface area contributed by atoms with Gasteiger partial charge in [0.25, 0.3) is 0 Å². The molecule has 0 aliphatic carbocycles. The molecule has 1 unspecified atom stereocenters. The van der Waals surface area contributed by atoms with E-state index in [1.165, 1.54) is 0 Å². The highest BCUT2D eigenvalue weighted by Crippen LogP contribution is 2.34. The fourth-order valence-electron chi connectivity index (χ4n) is 3.00. The van der Waals surface area contributed by atoms with E-state index in [4.69, 9.17) is 28.9 Å². The summed E-state index contributed by atoms with van der Waals surface area (Å²) in [6, 6.07) is 23.2. The van der Waals surface area contributed by atoms with Gasteiger partial charge in [-0.25, -0.2) is 0 Å².